The minimum absolute atomic E-state index is 0.00292. The van der Waals surface area contributed by atoms with E-state index in [0.29, 0.717) is 57.2 Å². The van der Waals surface area contributed by atoms with Crippen molar-refractivity contribution >= 4 is 12.2 Å². The summed E-state index contributed by atoms with van der Waals surface area (Å²) in [6.45, 7) is 3.03. The summed E-state index contributed by atoms with van der Waals surface area (Å²) in [5, 5.41) is 0. The molecule has 0 bridgehead atoms. The molecular weight excluding hydrogens is 401 g/mol. The van der Waals surface area contributed by atoms with Crippen LogP contribution < -0.4 is 10.5 Å². The van der Waals surface area contributed by atoms with Gasteiger partial charge >= 0.3 is 0 Å². The summed E-state index contributed by atoms with van der Waals surface area (Å²) in [5.74, 6) is -3.79. The van der Waals surface area contributed by atoms with Crippen LogP contribution in [0.5, 0.6) is 5.75 Å². The lowest BCUT2D eigenvalue weighted by Gasteiger charge is -2.46. The number of likely N-dealkylation sites (tertiary alicyclic amines) is 1. The number of carbonyl (C=O) groups is 2. The van der Waals surface area contributed by atoms with Crippen molar-refractivity contribution in [1.82, 2.24) is 4.90 Å². The molecule has 0 aromatic heterocycles. The van der Waals surface area contributed by atoms with Gasteiger partial charge in [-0.1, -0.05) is 0 Å². The minimum atomic E-state index is -1.07. The maximum atomic E-state index is 13.8. The Bertz CT molecular complexity index is 755. The van der Waals surface area contributed by atoms with Gasteiger partial charge in [-0.3, -0.25) is 4.79 Å². The molecule has 1 saturated carbocycles. The molecule has 2 aliphatic rings. The van der Waals surface area contributed by atoms with E-state index in [2.05, 4.69) is 0 Å². The minimum Gasteiger partial charge on any atom is -0.484 e. The maximum absolute atomic E-state index is 13.8. The zero-order valence-corrected chi connectivity index (χ0v) is 16.9. The van der Waals surface area contributed by atoms with Gasteiger partial charge in [-0.05, 0) is 38.5 Å². The van der Waals surface area contributed by atoms with Gasteiger partial charge in [0.05, 0.1) is 12.7 Å². The van der Waals surface area contributed by atoms with Gasteiger partial charge in [-0.2, -0.15) is 0 Å². The summed E-state index contributed by atoms with van der Waals surface area (Å²) in [6.07, 6.45) is 2.51. The molecule has 166 valence electrons. The summed E-state index contributed by atoms with van der Waals surface area (Å²) in [6, 6.07) is 1.18. The van der Waals surface area contributed by atoms with Crippen LogP contribution in [0.2, 0.25) is 0 Å². The molecule has 0 spiro atoms. The number of halogens is 3. The van der Waals surface area contributed by atoms with Crippen LogP contribution in [0, 0.1) is 29.3 Å². The summed E-state index contributed by atoms with van der Waals surface area (Å²) >= 11 is 0. The third-order valence-corrected chi connectivity index (χ3v) is 6.01. The second kappa shape index (κ2) is 9.34. The molecule has 1 amide bonds. The molecule has 1 saturated heterocycles. The molecule has 1 aromatic carbocycles. The van der Waals surface area contributed by atoms with Gasteiger partial charge in [0.25, 0.3) is 0 Å². The van der Waals surface area contributed by atoms with Crippen LogP contribution in [0.3, 0.4) is 0 Å². The fourth-order valence-electron chi connectivity index (χ4n) is 4.30. The number of amides is 1. The van der Waals surface area contributed by atoms with Gasteiger partial charge in [0.2, 0.25) is 5.91 Å². The van der Waals surface area contributed by atoms with Crippen LogP contribution in [0.15, 0.2) is 12.1 Å². The zero-order valence-electron chi connectivity index (χ0n) is 16.9. The molecule has 30 heavy (non-hydrogen) atoms. The molecule has 1 heterocycles. The second-order valence-corrected chi connectivity index (χ2v) is 8.33. The van der Waals surface area contributed by atoms with E-state index >= 15 is 0 Å². The number of piperidine rings is 1. The Morgan fingerprint density at radius 1 is 1.27 bits per heavy atom. The number of nitrogens with two attached hydrogens (primary N) is 1. The average Bonchev–Trinajstić information content (AvgIpc) is 2.68. The molecule has 2 N–H and O–H groups in total. The largest absolute Gasteiger partial charge is 0.484 e. The van der Waals surface area contributed by atoms with E-state index in [-0.39, 0.29) is 31.0 Å². The summed E-state index contributed by atoms with van der Waals surface area (Å²) in [7, 11) is 0. The van der Waals surface area contributed by atoms with Crippen molar-refractivity contribution in [3.63, 3.8) is 0 Å². The van der Waals surface area contributed by atoms with Crippen LogP contribution in [-0.2, 0) is 14.3 Å². The molecule has 1 unspecified atom stereocenters. The fraction of sp³-hybridized carbons (Fsp3) is 0.619. The Morgan fingerprint density at radius 2 is 1.87 bits per heavy atom. The molecule has 1 aromatic rings. The van der Waals surface area contributed by atoms with Crippen molar-refractivity contribution < 1.29 is 32.2 Å². The quantitative estimate of drug-likeness (QED) is 0.508. The van der Waals surface area contributed by atoms with Gasteiger partial charge in [-0.15, -0.1) is 0 Å². The van der Waals surface area contributed by atoms with Gasteiger partial charge in [0, 0.05) is 36.7 Å². The monoisotopic (exact) mass is 428 g/mol. The predicted octanol–water partition coefficient (Wildman–Crippen LogP) is 2.43. The van der Waals surface area contributed by atoms with Gasteiger partial charge < -0.3 is 24.9 Å². The van der Waals surface area contributed by atoms with Crippen LogP contribution in [0.4, 0.5) is 13.2 Å². The zero-order chi connectivity index (χ0) is 21.9. The van der Waals surface area contributed by atoms with Crippen molar-refractivity contribution in [2.75, 3.05) is 26.3 Å². The molecule has 3 rings (SSSR count). The smallest absolute Gasteiger partial charge is 0.225 e. The molecular formula is C21H27F3N2O4. The van der Waals surface area contributed by atoms with Crippen LogP contribution >= 0.6 is 0 Å². The summed E-state index contributed by atoms with van der Waals surface area (Å²) in [5.41, 5.74) is 5.60. The number of ether oxygens (including phenoxy) is 2. The van der Waals surface area contributed by atoms with E-state index in [9.17, 15) is 22.8 Å². The Morgan fingerprint density at radius 3 is 2.43 bits per heavy atom. The highest BCUT2D eigenvalue weighted by Crippen LogP contribution is 2.38. The van der Waals surface area contributed by atoms with Crippen molar-refractivity contribution in [1.29, 1.82) is 0 Å². The number of benzene rings is 1. The van der Waals surface area contributed by atoms with E-state index in [1.807, 2.05) is 0 Å². The van der Waals surface area contributed by atoms with E-state index in [1.165, 1.54) is 0 Å². The Balaban J connectivity index is 1.46. The van der Waals surface area contributed by atoms with Gasteiger partial charge in [0.1, 0.15) is 18.7 Å². The van der Waals surface area contributed by atoms with Crippen LogP contribution in [-0.4, -0.2) is 55.0 Å². The fourth-order valence-corrected chi connectivity index (χ4v) is 4.30. The van der Waals surface area contributed by atoms with Crippen molar-refractivity contribution in [2.24, 2.45) is 17.6 Å². The lowest BCUT2D eigenvalue weighted by Crippen LogP contribution is -2.59. The van der Waals surface area contributed by atoms with E-state index < -0.39 is 34.8 Å². The number of hydrogen-bond donors (Lipinski definition) is 1. The highest BCUT2D eigenvalue weighted by atomic mass is 19.1. The number of nitrogens with zero attached hydrogens (tertiary/aromatic N) is 1. The molecule has 1 aliphatic carbocycles. The first kappa shape index (κ1) is 22.6. The first-order valence-corrected chi connectivity index (χ1v) is 10.1. The molecule has 6 nitrogen and oxygen atoms in total. The highest BCUT2D eigenvalue weighted by Gasteiger charge is 2.46. The lowest BCUT2D eigenvalue weighted by atomic mass is 9.68. The van der Waals surface area contributed by atoms with Gasteiger partial charge in [0.15, 0.2) is 17.4 Å². The Hall–Kier alpha value is -2.13. The normalized spacial score (nSPS) is 25.5. The Kier molecular flexibility index (Phi) is 7.02. The Labute approximate surface area is 173 Å². The summed E-state index contributed by atoms with van der Waals surface area (Å²) in [4.78, 5) is 24.8. The summed E-state index contributed by atoms with van der Waals surface area (Å²) < 4.78 is 51.3. The predicted molar refractivity (Wildman–Crippen MR) is 102 cm³/mol. The van der Waals surface area contributed by atoms with E-state index in [1.54, 1.807) is 11.8 Å². The maximum Gasteiger partial charge on any atom is 0.225 e. The van der Waals surface area contributed by atoms with E-state index in [0.717, 1.165) is 0 Å². The molecule has 2 fully saturated rings. The van der Waals surface area contributed by atoms with Crippen molar-refractivity contribution in [3.05, 3.63) is 29.6 Å². The third kappa shape index (κ3) is 5.13. The van der Waals surface area contributed by atoms with Crippen LogP contribution in [0.25, 0.3) is 0 Å². The molecule has 0 radical (unpaired) electrons. The van der Waals surface area contributed by atoms with Gasteiger partial charge in [-0.25, -0.2) is 13.2 Å². The average molecular weight is 428 g/mol. The number of rotatable bonds is 8. The number of aldehydes is 1. The van der Waals surface area contributed by atoms with Crippen LogP contribution in [0.1, 0.15) is 32.6 Å². The SMILES string of the molecule is CC(Oc1c(F)cc(F)cc1F)C1CCN(C(=O)[C@H]2C[C@](N)(COCC=O)C2)CC1. The molecule has 1 aliphatic heterocycles. The molecule has 1 atom stereocenters. The molecule has 9 heteroatoms. The second-order valence-electron chi connectivity index (χ2n) is 8.33. The van der Waals surface area contributed by atoms with Crippen molar-refractivity contribution in [3.8, 4) is 5.75 Å². The van der Waals surface area contributed by atoms with Crippen molar-refractivity contribution in [2.45, 2.75) is 44.2 Å². The first-order chi connectivity index (χ1) is 14.2. The first-order valence-electron chi connectivity index (χ1n) is 10.1. The third-order valence-electron chi connectivity index (χ3n) is 6.01. The topological polar surface area (TPSA) is 81.9 Å². The lowest BCUT2D eigenvalue weighted by molar-refractivity contribution is -0.144. The van der Waals surface area contributed by atoms with E-state index in [4.69, 9.17) is 15.2 Å². The highest BCUT2D eigenvalue weighted by molar-refractivity contribution is 5.80. The standard InChI is InChI=1S/C21H27F3N2O4/c1-13(30-19-17(23)8-16(22)9-18(19)24)14-2-4-26(5-3-14)20(28)15-10-21(25,11-15)12-29-7-6-27/h6,8-9,13-15H,2-5,7,10-12,25H2,1H3/t13?,15-,21+. The number of hydrogen-bond acceptors (Lipinski definition) is 5. The number of carbonyl (C=O) groups excluding carboxylic acids is 2.